The summed E-state index contributed by atoms with van der Waals surface area (Å²) in [4.78, 5) is 0. The summed E-state index contributed by atoms with van der Waals surface area (Å²) in [5, 5.41) is 14.2. The Kier molecular flexibility index (Phi) is 5.89. The normalized spacial score (nSPS) is 12.0. The van der Waals surface area contributed by atoms with Gasteiger partial charge in [-0.15, -0.1) is 10.2 Å². The maximum Gasteiger partial charge on any atom is 0.204 e. The van der Waals surface area contributed by atoms with Gasteiger partial charge in [-0.1, -0.05) is 88.7 Å². The van der Waals surface area contributed by atoms with Crippen LogP contribution >= 0.6 is 15.9 Å². The van der Waals surface area contributed by atoms with E-state index < -0.39 is 0 Å². The number of rotatable bonds is 7. The van der Waals surface area contributed by atoms with E-state index in [1.807, 2.05) is 36.4 Å². The molecule has 28 heavy (non-hydrogen) atoms. The first-order chi connectivity index (χ1) is 13.8. The number of benzene rings is 3. The zero-order chi connectivity index (χ0) is 19.2. The molecule has 1 aromatic heterocycles. The highest BCUT2D eigenvalue weighted by atomic mass is 79.9. The molecule has 0 amide bonds. The number of tetrazole rings is 1. The average Bonchev–Trinajstić information content (AvgIpc) is 3.28. The zero-order valence-corrected chi connectivity index (χ0v) is 16.7. The van der Waals surface area contributed by atoms with Gasteiger partial charge < -0.3 is 4.74 Å². The largest absolute Gasteiger partial charge is 0.368 e. The molecular weight excluding hydrogens is 416 g/mol. The van der Waals surface area contributed by atoms with E-state index in [4.69, 9.17) is 4.74 Å². The molecule has 0 aliphatic heterocycles. The summed E-state index contributed by atoms with van der Waals surface area (Å²) >= 11 is 3.71. The van der Waals surface area contributed by atoms with Crippen LogP contribution in [-0.2, 0) is 17.8 Å². The number of aromatic amines is 1. The van der Waals surface area contributed by atoms with Crippen LogP contribution in [0.25, 0.3) is 11.4 Å². The van der Waals surface area contributed by atoms with Crippen LogP contribution < -0.4 is 0 Å². The Bertz CT molecular complexity index is 1010. The van der Waals surface area contributed by atoms with Gasteiger partial charge in [0.2, 0.25) is 5.82 Å². The van der Waals surface area contributed by atoms with Crippen molar-refractivity contribution in [2.24, 2.45) is 0 Å². The van der Waals surface area contributed by atoms with Gasteiger partial charge in [-0.3, -0.25) is 0 Å². The lowest BCUT2D eigenvalue weighted by Gasteiger charge is -2.20. The van der Waals surface area contributed by atoms with Gasteiger partial charge in [0.05, 0.1) is 12.7 Å². The Morgan fingerprint density at radius 3 is 2.25 bits per heavy atom. The first-order valence-corrected chi connectivity index (χ1v) is 9.81. The molecule has 1 N–H and O–H groups in total. The molecule has 1 atom stereocenters. The van der Waals surface area contributed by atoms with Gasteiger partial charge in [-0.25, -0.2) is 0 Å². The Hall–Kier alpha value is -2.83. The Balaban J connectivity index is 1.60. The summed E-state index contributed by atoms with van der Waals surface area (Å²) in [6.07, 6.45) is 0.699. The number of halogens is 1. The Labute approximate surface area is 171 Å². The number of ether oxygens (including phenoxy) is 1. The van der Waals surface area contributed by atoms with Gasteiger partial charge in [0.25, 0.3) is 0 Å². The summed E-state index contributed by atoms with van der Waals surface area (Å²) in [5.41, 5.74) is 4.37. The molecule has 6 heteroatoms. The number of nitrogens with one attached hydrogen (secondary N) is 1. The third-order valence-electron chi connectivity index (χ3n) is 4.51. The lowest BCUT2D eigenvalue weighted by Crippen LogP contribution is -2.09. The minimum absolute atomic E-state index is 0.0868. The second kappa shape index (κ2) is 8.91. The molecule has 140 valence electrons. The molecule has 5 nitrogen and oxygen atoms in total. The van der Waals surface area contributed by atoms with Gasteiger partial charge >= 0.3 is 0 Å². The third-order valence-corrected chi connectivity index (χ3v) is 5.20. The molecule has 0 saturated heterocycles. The highest BCUT2D eigenvalue weighted by Gasteiger charge is 2.18. The van der Waals surface area contributed by atoms with Crippen molar-refractivity contribution < 1.29 is 4.74 Å². The van der Waals surface area contributed by atoms with Gasteiger partial charge in [0.1, 0.15) is 0 Å². The molecule has 0 radical (unpaired) electrons. The molecule has 4 aromatic rings. The fourth-order valence-electron chi connectivity index (χ4n) is 3.07. The van der Waals surface area contributed by atoms with Crippen LogP contribution in [0.3, 0.4) is 0 Å². The number of aromatic nitrogens is 4. The molecule has 0 aliphatic rings. The number of hydrogen-bond acceptors (Lipinski definition) is 4. The second-order valence-corrected chi connectivity index (χ2v) is 7.30. The van der Waals surface area contributed by atoms with E-state index >= 15 is 0 Å². The summed E-state index contributed by atoms with van der Waals surface area (Å²) < 4.78 is 7.31. The summed E-state index contributed by atoms with van der Waals surface area (Å²) in [6, 6.07) is 26.7. The molecule has 0 aliphatic carbocycles. The second-order valence-electron chi connectivity index (χ2n) is 6.45. The lowest BCUT2D eigenvalue weighted by molar-refractivity contribution is 0.0394. The van der Waals surface area contributed by atoms with Gasteiger partial charge in [0.15, 0.2) is 0 Å². The zero-order valence-electron chi connectivity index (χ0n) is 15.1. The minimum Gasteiger partial charge on any atom is -0.368 e. The highest BCUT2D eigenvalue weighted by Crippen LogP contribution is 2.32. The van der Waals surface area contributed by atoms with Crippen LogP contribution in [0.15, 0.2) is 83.3 Å². The first-order valence-electron chi connectivity index (χ1n) is 9.02. The maximum absolute atomic E-state index is 6.35. The van der Waals surface area contributed by atoms with Crippen LogP contribution in [0.5, 0.6) is 0 Å². The topological polar surface area (TPSA) is 63.7 Å². The third kappa shape index (κ3) is 4.52. The monoisotopic (exact) mass is 434 g/mol. The van der Waals surface area contributed by atoms with Gasteiger partial charge in [-0.2, -0.15) is 5.21 Å². The van der Waals surface area contributed by atoms with E-state index in [0.717, 1.165) is 27.6 Å². The molecule has 0 fully saturated rings. The van der Waals surface area contributed by atoms with Crippen LogP contribution in [0, 0.1) is 0 Å². The van der Waals surface area contributed by atoms with Crippen molar-refractivity contribution in [3.63, 3.8) is 0 Å². The predicted molar refractivity (Wildman–Crippen MR) is 111 cm³/mol. The van der Waals surface area contributed by atoms with Crippen molar-refractivity contribution in [1.82, 2.24) is 20.6 Å². The van der Waals surface area contributed by atoms with Crippen LogP contribution in [0.2, 0.25) is 0 Å². The van der Waals surface area contributed by atoms with Gasteiger partial charge in [0, 0.05) is 16.5 Å². The SMILES string of the molecule is Brc1cc(-c2nn[nH]n2)ccc1C(Cc1ccccc1)OCc1ccccc1. The quantitative estimate of drug-likeness (QED) is 0.437. The lowest BCUT2D eigenvalue weighted by atomic mass is 10.00. The smallest absolute Gasteiger partial charge is 0.204 e. The first kappa shape index (κ1) is 18.5. The van der Waals surface area contributed by atoms with E-state index in [0.29, 0.717) is 12.4 Å². The molecule has 4 rings (SSSR count). The van der Waals surface area contributed by atoms with Crippen molar-refractivity contribution in [3.8, 4) is 11.4 Å². The molecule has 0 spiro atoms. The van der Waals surface area contributed by atoms with Crippen molar-refractivity contribution in [1.29, 1.82) is 0 Å². The number of H-pyrrole nitrogens is 1. The molecule has 0 bridgehead atoms. The van der Waals surface area contributed by atoms with Gasteiger partial charge in [-0.05, 0) is 28.0 Å². The van der Waals surface area contributed by atoms with E-state index in [-0.39, 0.29) is 6.10 Å². The maximum atomic E-state index is 6.35. The summed E-state index contributed by atoms with van der Waals surface area (Å²) in [6.45, 7) is 0.553. The minimum atomic E-state index is -0.0868. The van der Waals surface area contributed by atoms with E-state index in [1.165, 1.54) is 5.56 Å². The van der Waals surface area contributed by atoms with Crippen LogP contribution in [0.1, 0.15) is 22.8 Å². The Morgan fingerprint density at radius 2 is 1.61 bits per heavy atom. The van der Waals surface area contributed by atoms with Crippen LogP contribution in [-0.4, -0.2) is 20.6 Å². The fourth-order valence-corrected chi connectivity index (χ4v) is 3.70. The highest BCUT2D eigenvalue weighted by molar-refractivity contribution is 9.10. The van der Waals surface area contributed by atoms with Crippen LogP contribution in [0.4, 0.5) is 0 Å². The van der Waals surface area contributed by atoms with E-state index in [9.17, 15) is 0 Å². The number of hydrogen-bond donors (Lipinski definition) is 1. The van der Waals surface area contributed by atoms with Crippen molar-refractivity contribution in [2.45, 2.75) is 19.1 Å². The summed E-state index contributed by atoms with van der Waals surface area (Å²) in [5.74, 6) is 0.567. The molecule has 0 saturated carbocycles. The average molecular weight is 435 g/mol. The van der Waals surface area contributed by atoms with E-state index in [1.54, 1.807) is 0 Å². The predicted octanol–water partition coefficient (Wildman–Crippen LogP) is 5.13. The Morgan fingerprint density at radius 1 is 0.893 bits per heavy atom. The molecule has 1 unspecified atom stereocenters. The molecule has 3 aromatic carbocycles. The van der Waals surface area contributed by atoms with Crippen molar-refractivity contribution >= 4 is 15.9 Å². The molecular formula is C22H19BrN4O. The fraction of sp³-hybridized carbons (Fsp3) is 0.136. The molecule has 1 heterocycles. The van der Waals surface area contributed by atoms with Crippen molar-refractivity contribution in [2.75, 3.05) is 0 Å². The standard InChI is InChI=1S/C22H19BrN4O/c23-20-14-18(22-24-26-27-25-22)11-12-19(20)21(13-16-7-3-1-4-8-16)28-15-17-9-5-2-6-10-17/h1-12,14,21H,13,15H2,(H,24,25,26,27). The van der Waals surface area contributed by atoms with Crippen molar-refractivity contribution in [3.05, 3.63) is 100 Å². The summed E-state index contributed by atoms with van der Waals surface area (Å²) in [7, 11) is 0. The number of nitrogens with zero attached hydrogens (tertiary/aromatic N) is 3. The van der Waals surface area contributed by atoms with E-state index in [2.05, 4.69) is 79.0 Å².